The van der Waals surface area contributed by atoms with Gasteiger partial charge in [0.25, 0.3) is 11.7 Å². The lowest BCUT2D eigenvalue weighted by atomic mass is 10.0. The number of hydrogen-bond donors (Lipinski definition) is 1. The topological polar surface area (TPSA) is 69.0 Å². The first-order chi connectivity index (χ1) is 15.0. The summed E-state index contributed by atoms with van der Waals surface area (Å²) < 4.78 is 12.2. The Kier molecular flexibility index (Phi) is 5.45. The van der Waals surface area contributed by atoms with Gasteiger partial charge < -0.3 is 19.2 Å². The molecule has 1 amide bonds. The highest BCUT2D eigenvalue weighted by atomic mass is 16.5. The summed E-state index contributed by atoms with van der Waals surface area (Å²) in [7, 11) is 3.04. The molecule has 0 aliphatic heterocycles. The Labute approximate surface area is 180 Å². The van der Waals surface area contributed by atoms with E-state index in [1.165, 1.54) is 14.2 Å². The lowest BCUT2D eigenvalue weighted by Crippen LogP contribution is -2.24. The van der Waals surface area contributed by atoms with Crippen LogP contribution >= 0.6 is 0 Å². The molecule has 0 atom stereocenters. The van der Waals surface area contributed by atoms with Gasteiger partial charge in [-0.25, -0.2) is 0 Å². The lowest BCUT2D eigenvalue weighted by Gasteiger charge is -2.11. The van der Waals surface area contributed by atoms with E-state index in [0.717, 1.165) is 16.6 Å². The number of amides is 1. The number of rotatable bonds is 6. The van der Waals surface area contributed by atoms with Crippen LogP contribution in [0.25, 0.3) is 16.6 Å². The van der Waals surface area contributed by atoms with Gasteiger partial charge in [0.15, 0.2) is 11.5 Å². The Balaban J connectivity index is 1.72. The van der Waals surface area contributed by atoms with Gasteiger partial charge in [-0.2, -0.15) is 0 Å². The third kappa shape index (κ3) is 3.88. The van der Waals surface area contributed by atoms with Crippen LogP contribution in [-0.4, -0.2) is 30.3 Å². The summed E-state index contributed by atoms with van der Waals surface area (Å²) in [4.78, 5) is 26.2. The summed E-state index contributed by atoms with van der Waals surface area (Å²) in [5.41, 5.74) is 4.29. The Morgan fingerprint density at radius 3 is 2.32 bits per heavy atom. The van der Waals surface area contributed by atoms with Gasteiger partial charge in [-0.1, -0.05) is 35.9 Å². The molecule has 0 fully saturated rings. The van der Waals surface area contributed by atoms with Gasteiger partial charge in [-0.05, 0) is 42.8 Å². The quantitative estimate of drug-likeness (QED) is 0.365. The Bertz CT molecular complexity index is 1270. The normalized spacial score (nSPS) is 10.7. The maximum absolute atomic E-state index is 13.3. The highest BCUT2D eigenvalue weighted by molar-refractivity contribution is 6.47. The van der Waals surface area contributed by atoms with E-state index in [9.17, 15) is 9.59 Å². The van der Waals surface area contributed by atoms with Crippen molar-refractivity contribution >= 4 is 22.9 Å². The Morgan fingerprint density at radius 2 is 1.61 bits per heavy atom. The van der Waals surface area contributed by atoms with Gasteiger partial charge in [0.05, 0.1) is 14.2 Å². The summed E-state index contributed by atoms with van der Waals surface area (Å²) in [5.74, 6) is -0.367. The van der Waals surface area contributed by atoms with Crippen molar-refractivity contribution in [1.29, 1.82) is 0 Å². The highest BCUT2D eigenvalue weighted by Crippen LogP contribution is 2.31. The largest absolute Gasteiger partial charge is 0.493 e. The van der Waals surface area contributed by atoms with E-state index in [0.29, 0.717) is 28.4 Å². The van der Waals surface area contributed by atoms with Crippen molar-refractivity contribution in [2.45, 2.75) is 6.92 Å². The number of pyridine rings is 1. The van der Waals surface area contributed by atoms with Crippen molar-refractivity contribution in [1.82, 2.24) is 4.40 Å². The average molecular weight is 414 g/mol. The van der Waals surface area contributed by atoms with Crippen molar-refractivity contribution in [3.8, 4) is 22.6 Å². The second kappa shape index (κ2) is 8.36. The number of aromatic nitrogens is 1. The van der Waals surface area contributed by atoms with Crippen LogP contribution in [0.3, 0.4) is 0 Å². The fourth-order valence-corrected chi connectivity index (χ4v) is 3.52. The van der Waals surface area contributed by atoms with Crippen molar-refractivity contribution < 1.29 is 19.1 Å². The van der Waals surface area contributed by atoms with Crippen LogP contribution in [0.2, 0.25) is 0 Å². The van der Waals surface area contributed by atoms with Gasteiger partial charge in [-0.15, -0.1) is 0 Å². The van der Waals surface area contributed by atoms with Gasteiger partial charge >= 0.3 is 0 Å². The van der Waals surface area contributed by atoms with Crippen LogP contribution in [0.5, 0.6) is 11.5 Å². The summed E-state index contributed by atoms with van der Waals surface area (Å²) >= 11 is 0. The lowest BCUT2D eigenvalue weighted by molar-refractivity contribution is -0.112. The van der Waals surface area contributed by atoms with Crippen LogP contribution in [-0.2, 0) is 4.79 Å². The van der Waals surface area contributed by atoms with Gasteiger partial charge in [0, 0.05) is 29.0 Å². The number of ether oxygens (including phenoxy) is 2. The van der Waals surface area contributed by atoms with E-state index < -0.39 is 11.7 Å². The molecule has 0 saturated heterocycles. The molecule has 2 aromatic heterocycles. The first kappa shape index (κ1) is 20.2. The van der Waals surface area contributed by atoms with E-state index in [4.69, 9.17) is 9.47 Å². The zero-order chi connectivity index (χ0) is 22.0. The van der Waals surface area contributed by atoms with E-state index in [2.05, 4.69) is 5.32 Å². The Hall–Kier alpha value is -4.06. The molecular formula is C25H22N2O4. The first-order valence-electron chi connectivity index (χ1n) is 9.76. The molecule has 0 unspecified atom stereocenters. The van der Waals surface area contributed by atoms with Crippen LogP contribution in [0, 0.1) is 6.92 Å². The van der Waals surface area contributed by atoms with Crippen molar-refractivity contribution in [2.75, 3.05) is 19.5 Å². The fraction of sp³-hybridized carbons (Fsp3) is 0.120. The number of Topliss-reactive ketones (excluding diaryl/α,β-unsaturated/α-hetero) is 1. The van der Waals surface area contributed by atoms with Crippen LogP contribution in [0.15, 0.2) is 72.9 Å². The minimum absolute atomic E-state index is 0.317. The van der Waals surface area contributed by atoms with Crippen LogP contribution in [0.4, 0.5) is 5.69 Å². The van der Waals surface area contributed by atoms with Gasteiger partial charge in [0.2, 0.25) is 0 Å². The van der Waals surface area contributed by atoms with Crippen molar-refractivity contribution in [2.24, 2.45) is 0 Å². The molecule has 4 aromatic rings. The van der Waals surface area contributed by atoms with Crippen LogP contribution < -0.4 is 14.8 Å². The highest BCUT2D eigenvalue weighted by Gasteiger charge is 2.25. The second-order valence-electron chi connectivity index (χ2n) is 7.12. The van der Waals surface area contributed by atoms with Gasteiger partial charge in [0.1, 0.15) is 5.69 Å². The number of fused-ring (bicyclic) bond motifs is 1. The van der Waals surface area contributed by atoms with E-state index >= 15 is 0 Å². The molecule has 4 rings (SSSR count). The third-order valence-electron chi connectivity index (χ3n) is 5.10. The number of ketones is 1. The summed E-state index contributed by atoms with van der Waals surface area (Å²) in [6.07, 6.45) is 1.78. The first-order valence-corrected chi connectivity index (χ1v) is 9.76. The summed E-state index contributed by atoms with van der Waals surface area (Å²) in [6.45, 7) is 2.00. The molecule has 0 spiro atoms. The molecule has 6 nitrogen and oxygen atoms in total. The summed E-state index contributed by atoms with van der Waals surface area (Å²) in [6, 6.07) is 20.4. The maximum Gasteiger partial charge on any atom is 0.298 e. The number of anilines is 1. The van der Waals surface area contributed by atoms with Crippen molar-refractivity contribution in [3.63, 3.8) is 0 Å². The molecule has 2 heterocycles. The van der Waals surface area contributed by atoms with E-state index in [-0.39, 0.29) is 0 Å². The minimum Gasteiger partial charge on any atom is -0.493 e. The zero-order valence-corrected chi connectivity index (χ0v) is 17.5. The minimum atomic E-state index is -0.732. The SMILES string of the molecule is COc1ccc(NC(=O)C(=O)c2c(-c3ccc(C)cc3)cc3ccccn23)cc1OC. The summed E-state index contributed by atoms with van der Waals surface area (Å²) in [5, 5.41) is 2.67. The average Bonchev–Trinajstić information content (AvgIpc) is 3.18. The molecule has 0 aliphatic carbocycles. The number of carbonyl (C=O) groups excluding carboxylic acids is 2. The molecule has 0 saturated carbocycles. The molecule has 0 aliphatic rings. The molecule has 0 radical (unpaired) electrons. The molecule has 31 heavy (non-hydrogen) atoms. The number of nitrogens with one attached hydrogen (secondary N) is 1. The smallest absolute Gasteiger partial charge is 0.298 e. The predicted molar refractivity (Wildman–Crippen MR) is 120 cm³/mol. The standard InChI is InChI=1S/C25H22N2O4/c1-16-7-9-17(10-8-16)20-15-19-6-4-5-13-27(19)23(20)24(28)25(29)26-18-11-12-21(30-2)22(14-18)31-3/h4-15H,1-3H3,(H,26,29). The monoisotopic (exact) mass is 414 g/mol. The molecule has 2 aromatic carbocycles. The maximum atomic E-state index is 13.3. The molecule has 1 N–H and O–H groups in total. The third-order valence-corrected chi connectivity index (χ3v) is 5.10. The molecular weight excluding hydrogens is 392 g/mol. The van der Waals surface area contributed by atoms with Gasteiger partial charge in [-0.3, -0.25) is 9.59 Å². The number of nitrogens with zero attached hydrogens (tertiary/aromatic N) is 1. The molecule has 156 valence electrons. The number of aryl methyl sites for hydroxylation is 1. The molecule has 0 bridgehead atoms. The van der Waals surface area contributed by atoms with E-state index in [1.807, 2.05) is 55.5 Å². The predicted octanol–water partition coefficient (Wildman–Crippen LogP) is 4.75. The van der Waals surface area contributed by atoms with E-state index in [1.54, 1.807) is 28.8 Å². The number of hydrogen-bond acceptors (Lipinski definition) is 4. The van der Waals surface area contributed by atoms with Crippen LogP contribution in [0.1, 0.15) is 16.1 Å². The fourth-order valence-electron chi connectivity index (χ4n) is 3.52. The number of benzene rings is 2. The van der Waals surface area contributed by atoms with Crippen molar-refractivity contribution in [3.05, 3.63) is 84.2 Å². The zero-order valence-electron chi connectivity index (χ0n) is 17.5. The molecule has 6 heteroatoms. The number of methoxy groups -OCH3 is 2. The second-order valence-corrected chi connectivity index (χ2v) is 7.12. The number of carbonyl (C=O) groups is 2. The Morgan fingerprint density at radius 1 is 0.871 bits per heavy atom.